The average Bonchev–Trinajstić information content (AvgIpc) is 3.26. The maximum absolute atomic E-state index is 13.9. The number of fused-ring (bicyclic) bond motifs is 3. The number of cyclic esters (lactones) is 1. The molecular weight excluding hydrogens is 440 g/mol. The minimum Gasteiger partial charge on any atom is -0.469 e. The molecule has 0 radical (unpaired) electrons. The average molecular weight is 473 g/mol. The SMILES string of the molecule is CC#Cc1occc1C1CC2(C)C(CCC3(C)C(C(=O)OC)CC(OCOC)C(=O)C32)C(=O)O1. The maximum Gasteiger partial charge on any atom is 0.310 e. The van der Waals surface area contributed by atoms with Crippen molar-refractivity contribution in [3.8, 4) is 11.8 Å². The van der Waals surface area contributed by atoms with Gasteiger partial charge in [0.05, 0.1) is 25.2 Å². The molecule has 3 fully saturated rings. The number of hydrogen-bond donors (Lipinski definition) is 0. The van der Waals surface area contributed by atoms with Crippen molar-refractivity contribution in [2.24, 2.45) is 28.6 Å². The molecule has 7 atom stereocenters. The van der Waals surface area contributed by atoms with Crippen molar-refractivity contribution >= 4 is 17.7 Å². The lowest BCUT2D eigenvalue weighted by molar-refractivity contribution is -0.213. The van der Waals surface area contributed by atoms with E-state index < -0.39 is 40.8 Å². The molecule has 8 nitrogen and oxygen atoms in total. The van der Waals surface area contributed by atoms with Gasteiger partial charge in [-0.2, -0.15) is 0 Å². The molecule has 184 valence electrons. The molecule has 1 saturated heterocycles. The topological polar surface area (TPSA) is 101 Å². The third kappa shape index (κ3) is 3.75. The summed E-state index contributed by atoms with van der Waals surface area (Å²) in [5.74, 6) is 3.80. The summed E-state index contributed by atoms with van der Waals surface area (Å²) >= 11 is 0. The maximum atomic E-state index is 13.9. The first-order valence-electron chi connectivity index (χ1n) is 11.6. The molecular formula is C26H32O8. The number of carbonyl (C=O) groups is 3. The molecule has 3 aliphatic rings. The Morgan fingerprint density at radius 3 is 2.68 bits per heavy atom. The highest BCUT2D eigenvalue weighted by Gasteiger charge is 2.67. The molecule has 7 unspecified atom stereocenters. The number of rotatable bonds is 5. The van der Waals surface area contributed by atoms with Gasteiger partial charge in [0.2, 0.25) is 0 Å². The highest BCUT2D eigenvalue weighted by Crippen LogP contribution is 2.65. The second kappa shape index (κ2) is 9.20. The van der Waals surface area contributed by atoms with Crippen LogP contribution in [0, 0.1) is 40.4 Å². The number of ketones is 1. The van der Waals surface area contributed by atoms with Gasteiger partial charge >= 0.3 is 11.9 Å². The Balaban J connectivity index is 1.78. The monoisotopic (exact) mass is 472 g/mol. The van der Waals surface area contributed by atoms with Gasteiger partial charge in [-0.1, -0.05) is 19.8 Å². The van der Waals surface area contributed by atoms with Gasteiger partial charge in [0.15, 0.2) is 11.5 Å². The zero-order valence-electron chi connectivity index (χ0n) is 20.3. The second-order valence-corrected chi connectivity index (χ2v) is 10.0. The van der Waals surface area contributed by atoms with E-state index in [-0.39, 0.29) is 30.9 Å². The summed E-state index contributed by atoms with van der Waals surface area (Å²) in [6, 6.07) is 1.76. The molecule has 8 heteroatoms. The molecule has 1 aliphatic heterocycles. The number of hydrogen-bond acceptors (Lipinski definition) is 8. The summed E-state index contributed by atoms with van der Waals surface area (Å²) in [4.78, 5) is 40.1. The first kappa shape index (κ1) is 24.5. The quantitative estimate of drug-likeness (QED) is 0.365. The van der Waals surface area contributed by atoms with E-state index in [1.54, 1.807) is 13.0 Å². The summed E-state index contributed by atoms with van der Waals surface area (Å²) in [6.45, 7) is 5.60. The second-order valence-electron chi connectivity index (χ2n) is 10.0. The molecule has 0 bridgehead atoms. The van der Waals surface area contributed by atoms with Gasteiger partial charge in [-0.05, 0) is 55.4 Å². The fourth-order valence-electron chi connectivity index (χ4n) is 6.77. The van der Waals surface area contributed by atoms with E-state index in [9.17, 15) is 14.4 Å². The Bertz CT molecular complexity index is 1030. The van der Waals surface area contributed by atoms with E-state index in [1.807, 2.05) is 13.8 Å². The molecule has 1 aromatic heterocycles. The van der Waals surface area contributed by atoms with Crippen LogP contribution in [0.1, 0.15) is 63.9 Å². The van der Waals surface area contributed by atoms with Crippen LogP contribution in [0.3, 0.4) is 0 Å². The number of methoxy groups -OCH3 is 2. The molecule has 34 heavy (non-hydrogen) atoms. The lowest BCUT2D eigenvalue weighted by Gasteiger charge is -2.61. The lowest BCUT2D eigenvalue weighted by atomic mass is 9.43. The zero-order chi connectivity index (χ0) is 24.7. The van der Waals surface area contributed by atoms with Gasteiger partial charge in [0.1, 0.15) is 19.0 Å². The lowest BCUT2D eigenvalue weighted by Crippen LogP contribution is -2.64. The van der Waals surface area contributed by atoms with Crippen molar-refractivity contribution in [3.05, 3.63) is 23.7 Å². The number of carbonyl (C=O) groups excluding carboxylic acids is 3. The number of furan rings is 1. The van der Waals surface area contributed by atoms with Crippen LogP contribution in [0.2, 0.25) is 0 Å². The standard InChI is InChI=1S/C26H32O8/c1-6-7-18-15(9-11-32-18)20-13-26(3)16(24(29)34-20)8-10-25(2)17(23(28)31-5)12-19(33-14-30-4)21(27)22(25)26/h9,11,16-17,19-20,22H,8,10,12-14H2,1-5H3. The third-order valence-corrected chi connectivity index (χ3v) is 8.26. The molecule has 2 heterocycles. The Hall–Kier alpha value is -2.63. The Morgan fingerprint density at radius 1 is 1.24 bits per heavy atom. The predicted molar refractivity (Wildman–Crippen MR) is 119 cm³/mol. The van der Waals surface area contributed by atoms with Crippen molar-refractivity contribution in [1.82, 2.24) is 0 Å². The van der Waals surface area contributed by atoms with Crippen LogP contribution in [0.25, 0.3) is 0 Å². The van der Waals surface area contributed by atoms with Gasteiger partial charge in [-0.15, -0.1) is 0 Å². The molecule has 1 aromatic rings. The summed E-state index contributed by atoms with van der Waals surface area (Å²) in [5.41, 5.74) is -0.735. The van der Waals surface area contributed by atoms with Crippen molar-refractivity contribution in [2.75, 3.05) is 21.0 Å². The molecule has 4 rings (SSSR count). The number of Topliss-reactive ketones (excluding diaryl/α,β-unsaturated/α-hetero) is 1. The number of esters is 2. The van der Waals surface area contributed by atoms with Crippen molar-refractivity contribution in [3.63, 3.8) is 0 Å². The van der Waals surface area contributed by atoms with Gasteiger partial charge in [-0.3, -0.25) is 14.4 Å². The molecule has 0 aromatic carbocycles. The molecule has 0 spiro atoms. The van der Waals surface area contributed by atoms with Crippen molar-refractivity contribution in [2.45, 2.75) is 58.7 Å². The van der Waals surface area contributed by atoms with Crippen molar-refractivity contribution < 1.29 is 37.7 Å². The van der Waals surface area contributed by atoms with Crippen LogP contribution >= 0.6 is 0 Å². The Labute approximate surface area is 199 Å². The molecule has 0 amide bonds. The van der Waals surface area contributed by atoms with Gasteiger partial charge < -0.3 is 23.4 Å². The van der Waals surface area contributed by atoms with E-state index in [1.165, 1.54) is 20.5 Å². The summed E-state index contributed by atoms with van der Waals surface area (Å²) < 4.78 is 27.3. The molecule has 0 N–H and O–H groups in total. The normalized spacial score (nSPS) is 37.0. The summed E-state index contributed by atoms with van der Waals surface area (Å²) in [6.07, 6.45) is 1.83. The van der Waals surface area contributed by atoms with Crippen LogP contribution in [-0.4, -0.2) is 44.8 Å². The smallest absolute Gasteiger partial charge is 0.310 e. The highest BCUT2D eigenvalue weighted by atomic mass is 16.7. The fraction of sp³-hybridized carbons (Fsp3) is 0.654. The first-order chi connectivity index (χ1) is 16.2. The van der Waals surface area contributed by atoms with Crippen LogP contribution in [-0.2, 0) is 33.3 Å². The molecule has 2 saturated carbocycles. The zero-order valence-corrected chi connectivity index (χ0v) is 20.3. The van der Waals surface area contributed by atoms with Gasteiger partial charge in [0.25, 0.3) is 0 Å². The minimum absolute atomic E-state index is 0.0629. The van der Waals surface area contributed by atoms with E-state index in [0.717, 1.165) is 0 Å². The predicted octanol–water partition coefficient (Wildman–Crippen LogP) is 3.43. The van der Waals surface area contributed by atoms with Gasteiger partial charge in [0, 0.05) is 18.6 Å². The van der Waals surface area contributed by atoms with E-state index in [2.05, 4.69) is 11.8 Å². The van der Waals surface area contributed by atoms with Crippen LogP contribution in [0.5, 0.6) is 0 Å². The van der Waals surface area contributed by atoms with E-state index >= 15 is 0 Å². The third-order valence-electron chi connectivity index (χ3n) is 8.26. The van der Waals surface area contributed by atoms with Crippen molar-refractivity contribution in [1.29, 1.82) is 0 Å². The Kier molecular flexibility index (Phi) is 6.63. The van der Waals surface area contributed by atoms with Crippen LogP contribution in [0.15, 0.2) is 16.7 Å². The van der Waals surface area contributed by atoms with Crippen LogP contribution in [0.4, 0.5) is 0 Å². The van der Waals surface area contributed by atoms with E-state index in [0.29, 0.717) is 30.6 Å². The number of ether oxygens (including phenoxy) is 4. The first-order valence-corrected chi connectivity index (χ1v) is 11.6. The minimum atomic E-state index is -0.815. The largest absolute Gasteiger partial charge is 0.469 e. The highest BCUT2D eigenvalue weighted by molar-refractivity contribution is 5.92. The fourth-order valence-corrected chi connectivity index (χ4v) is 6.77. The molecule has 2 aliphatic carbocycles. The Morgan fingerprint density at radius 2 is 2.00 bits per heavy atom. The van der Waals surface area contributed by atoms with Crippen LogP contribution < -0.4 is 0 Å². The van der Waals surface area contributed by atoms with Gasteiger partial charge in [-0.25, -0.2) is 0 Å². The van der Waals surface area contributed by atoms with E-state index in [4.69, 9.17) is 23.4 Å². The summed E-state index contributed by atoms with van der Waals surface area (Å²) in [5, 5.41) is 0. The summed E-state index contributed by atoms with van der Waals surface area (Å²) in [7, 11) is 2.84.